The van der Waals surface area contributed by atoms with Crippen molar-refractivity contribution in [3.63, 3.8) is 0 Å². The lowest BCUT2D eigenvalue weighted by atomic mass is 9.97. The molecule has 1 aromatic heterocycles. The summed E-state index contributed by atoms with van der Waals surface area (Å²) in [6.45, 7) is 6.21. The van der Waals surface area contributed by atoms with Gasteiger partial charge in [0, 0.05) is 18.0 Å². The molecule has 0 aliphatic rings. The zero-order valence-electron chi connectivity index (χ0n) is 14.2. The lowest BCUT2D eigenvalue weighted by molar-refractivity contribution is 0.0931. The van der Waals surface area contributed by atoms with Gasteiger partial charge in [-0.25, -0.2) is 0 Å². The van der Waals surface area contributed by atoms with Gasteiger partial charge >= 0.3 is 0 Å². The van der Waals surface area contributed by atoms with Gasteiger partial charge in [0.2, 0.25) is 0 Å². The monoisotopic (exact) mass is 312 g/mol. The number of hydrogen-bond donors (Lipinski definition) is 1. The number of aromatic nitrogens is 1. The third-order valence-electron chi connectivity index (χ3n) is 3.78. The zero-order chi connectivity index (χ0) is 16.8. The molecule has 122 valence electrons. The van der Waals surface area contributed by atoms with Crippen LogP contribution in [0.2, 0.25) is 0 Å². The Morgan fingerprint density at radius 1 is 1.30 bits per heavy atom. The number of hydrogen-bond acceptors (Lipinski definition) is 3. The highest BCUT2D eigenvalue weighted by molar-refractivity contribution is 5.96. The SMILES string of the molecule is COc1ccc(C(=O)N[C@H](CC(C)C)c2cccnc2)c(C)c1. The first kappa shape index (κ1) is 17.0. The summed E-state index contributed by atoms with van der Waals surface area (Å²) >= 11 is 0. The number of ether oxygens (including phenoxy) is 1. The van der Waals surface area contributed by atoms with Gasteiger partial charge in [-0.2, -0.15) is 0 Å². The summed E-state index contributed by atoms with van der Waals surface area (Å²) in [5.41, 5.74) is 2.60. The van der Waals surface area contributed by atoms with Gasteiger partial charge in [-0.1, -0.05) is 19.9 Å². The summed E-state index contributed by atoms with van der Waals surface area (Å²) in [5.74, 6) is 1.15. The summed E-state index contributed by atoms with van der Waals surface area (Å²) in [6.07, 6.45) is 4.42. The van der Waals surface area contributed by atoms with Gasteiger partial charge in [-0.3, -0.25) is 9.78 Å². The van der Waals surface area contributed by atoms with E-state index in [2.05, 4.69) is 24.1 Å². The van der Waals surface area contributed by atoms with Crippen molar-refractivity contribution < 1.29 is 9.53 Å². The Hall–Kier alpha value is -2.36. The van der Waals surface area contributed by atoms with Gasteiger partial charge in [0.25, 0.3) is 5.91 Å². The molecule has 0 spiro atoms. The van der Waals surface area contributed by atoms with Gasteiger partial charge in [-0.15, -0.1) is 0 Å². The van der Waals surface area contributed by atoms with Crippen molar-refractivity contribution >= 4 is 5.91 Å². The lowest BCUT2D eigenvalue weighted by Gasteiger charge is -2.21. The molecule has 0 unspecified atom stereocenters. The van der Waals surface area contributed by atoms with Crippen LogP contribution in [0.1, 0.15) is 47.8 Å². The van der Waals surface area contributed by atoms with Crippen molar-refractivity contribution in [2.45, 2.75) is 33.2 Å². The Balaban J connectivity index is 2.20. The molecule has 1 atom stereocenters. The van der Waals surface area contributed by atoms with E-state index in [0.29, 0.717) is 11.5 Å². The zero-order valence-corrected chi connectivity index (χ0v) is 14.2. The van der Waals surface area contributed by atoms with Crippen LogP contribution in [-0.2, 0) is 0 Å². The molecule has 1 aromatic carbocycles. The minimum absolute atomic E-state index is 0.0438. The number of pyridine rings is 1. The summed E-state index contributed by atoms with van der Waals surface area (Å²) in [5, 5.41) is 3.14. The number of rotatable bonds is 6. The predicted octanol–water partition coefficient (Wildman–Crippen LogP) is 3.92. The molecule has 4 heteroatoms. The quantitative estimate of drug-likeness (QED) is 0.879. The standard InChI is InChI=1S/C19H24N2O2/c1-13(2)10-18(15-6-5-9-20-12-15)21-19(22)17-8-7-16(23-4)11-14(17)3/h5-9,11-13,18H,10H2,1-4H3,(H,21,22)/t18-/m1/s1. The van der Waals surface area contributed by atoms with E-state index in [1.165, 1.54) is 0 Å². The number of methoxy groups -OCH3 is 1. The number of aryl methyl sites for hydroxylation is 1. The van der Waals surface area contributed by atoms with Gasteiger partial charge in [-0.05, 0) is 54.7 Å². The molecule has 0 fully saturated rings. The highest BCUT2D eigenvalue weighted by Crippen LogP contribution is 2.22. The van der Waals surface area contributed by atoms with E-state index >= 15 is 0 Å². The largest absolute Gasteiger partial charge is 0.497 e. The second-order valence-corrected chi connectivity index (χ2v) is 6.12. The number of nitrogens with zero attached hydrogens (tertiary/aromatic N) is 1. The van der Waals surface area contributed by atoms with Gasteiger partial charge in [0.1, 0.15) is 5.75 Å². The second-order valence-electron chi connectivity index (χ2n) is 6.12. The van der Waals surface area contributed by atoms with Crippen LogP contribution in [0.3, 0.4) is 0 Å². The molecule has 0 saturated carbocycles. The summed E-state index contributed by atoms with van der Waals surface area (Å²) in [4.78, 5) is 16.8. The topological polar surface area (TPSA) is 51.2 Å². The lowest BCUT2D eigenvalue weighted by Crippen LogP contribution is -2.30. The second kappa shape index (κ2) is 7.77. The fourth-order valence-corrected chi connectivity index (χ4v) is 2.59. The number of amides is 1. The van der Waals surface area contributed by atoms with Crippen molar-refractivity contribution in [3.05, 3.63) is 59.4 Å². The highest BCUT2D eigenvalue weighted by atomic mass is 16.5. The first-order valence-corrected chi connectivity index (χ1v) is 7.86. The Labute approximate surface area is 137 Å². The third-order valence-corrected chi connectivity index (χ3v) is 3.78. The molecule has 0 aliphatic heterocycles. The van der Waals surface area contributed by atoms with Gasteiger partial charge in [0.05, 0.1) is 13.2 Å². The fraction of sp³-hybridized carbons (Fsp3) is 0.368. The molecule has 2 aromatic rings. The van der Waals surface area contributed by atoms with E-state index in [0.717, 1.165) is 23.3 Å². The Morgan fingerprint density at radius 3 is 2.65 bits per heavy atom. The average Bonchev–Trinajstić information content (AvgIpc) is 2.54. The molecule has 1 amide bonds. The minimum atomic E-state index is -0.0698. The fourth-order valence-electron chi connectivity index (χ4n) is 2.59. The molecule has 23 heavy (non-hydrogen) atoms. The van der Waals surface area contributed by atoms with E-state index in [9.17, 15) is 4.79 Å². The van der Waals surface area contributed by atoms with Crippen LogP contribution < -0.4 is 10.1 Å². The molecule has 0 bridgehead atoms. The van der Waals surface area contributed by atoms with Gasteiger partial charge in [0.15, 0.2) is 0 Å². The van der Waals surface area contributed by atoms with Crippen molar-refractivity contribution in [2.75, 3.05) is 7.11 Å². The van der Waals surface area contributed by atoms with Crippen molar-refractivity contribution in [1.29, 1.82) is 0 Å². The number of nitrogens with one attached hydrogen (secondary N) is 1. The molecule has 0 radical (unpaired) electrons. The maximum atomic E-state index is 12.7. The van der Waals surface area contributed by atoms with Crippen LogP contribution in [-0.4, -0.2) is 18.0 Å². The van der Waals surface area contributed by atoms with Crippen LogP contribution in [0.5, 0.6) is 5.75 Å². The number of carbonyl (C=O) groups excluding carboxylic acids is 1. The van der Waals surface area contributed by atoms with E-state index in [-0.39, 0.29) is 11.9 Å². The van der Waals surface area contributed by atoms with Gasteiger partial charge < -0.3 is 10.1 Å². The van der Waals surface area contributed by atoms with Crippen molar-refractivity contribution in [1.82, 2.24) is 10.3 Å². The first-order valence-electron chi connectivity index (χ1n) is 7.86. The summed E-state index contributed by atoms with van der Waals surface area (Å²) < 4.78 is 5.19. The minimum Gasteiger partial charge on any atom is -0.497 e. The van der Waals surface area contributed by atoms with E-state index < -0.39 is 0 Å². The van der Waals surface area contributed by atoms with Crippen LogP contribution in [0, 0.1) is 12.8 Å². The Kier molecular flexibility index (Phi) is 5.74. The normalized spacial score (nSPS) is 12.0. The highest BCUT2D eigenvalue weighted by Gasteiger charge is 2.18. The van der Waals surface area contributed by atoms with E-state index in [1.807, 2.05) is 37.4 Å². The van der Waals surface area contributed by atoms with Crippen LogP contribution in [0.15, 0.2) is 42.7 Å². The maximum absolute atomic E-state index is 12.7. The Bertz CT molecular complexity index is 654. The van der Waals surface area contributed by atoms with Crippen LogP contribution in [0.25, 0.3) is 0 Å². The van der Waals surface area contributed by atoms with Crippen LogP contribution in [0.4, 0.5) is 0 Å². The maximum Gasteiger partial charge on any atom is 0.252 e. The van der Waals surface area contributed by atoms with E-state index in [4.69, 9.17) is 4.74 Å². The molecule has 1 heterocycles. The number of benzene rings is 1. The van der Waals surface area contributed by atoms with E-state index in [1.54, 1.807) is 19.4 Å². The smallest absolute Gasteiger partial charge is 0.252 e. The number of carbonyl (C=O) groups is 1. The summed E-state index contributed by atoms with van der Waals surface area (Å²) in [7, 11) is 1.62. The first-order chi connectivity index (χ1) is 11.0. The Morgan fingerprint density at radius 2 is 2.09 bits per heavy atom. The third kappa shape index (κ3) is 4.55. The molecule has 1 N–H and O–H groups in total. The van der Waals surface area contributed by atoms with Crippen molar-refractivity contribution in [3.8, 4) is 5.75 Å². The average molecular weight is 312 g/mol. The molecule has 2 rings (SSSR count). The molecular weight excluding hydrogens is 288 g/mol. The van der Waals surface area contributed by atoms with Crippen LogP contribution >= 0.6 is 0 Å². The summed E-state index contributed by atoms with van der Waals surface area (Å²) in [6, 6.07) is 9.34. The predicted molar refractivity (Wildman–Crippen MR) is 91.6 cm³/mol. The van der Waals surface area contributed by atoms with Crippen molar-refractivity contribution in [2.24, 2.45) is 5.92 Å². The molecule has 0 aliphatic carbocycles. The molecule has 4 nitrogen and oxygen atoms in total. The molecule has 0 saturated heterocycles. The molecular formula is C19H24N2O2.